The van der Waals surface area contributed by atoms with Gasteiger partial charge in [-0.05, 0) is 86.5 Å². The number of ether oxygens (including phenoxy) is 1. The molecule has 0 saturated heterocycles. The summed E-state index contributed by atoms with van der Waals surface area (Å²) in [5.74, 6) is 2.09. The van der Waals surface area contributed by atoms with Crippen molar-refractivity contribution in [2.75, 3.05) is 16.8 Å². The van der Waals surface area contributed by atoms with Crippen LogP contribution in [0.1, 0.15) is 74.9 Å². The first-order chi connectivity index (χ1) is 27.4. The second kappa shape index (κ2) is 12.7. The Bertz CT molecular complexity index is 2910. The number of fused-ring (bicyclic) bond motifs is 12. The van der Waals surface area contributed by atoms with E-state index in [2.05, 4.69) is 179 Å². The van der Waals surface area contributed by atoms with Gasteiger partial charge in [0, 0.05) is 60.4 Å². The fraction of sp³-hybridized carbons (Fsp3) is 0.192. The molecule has 0 N–H and O–H groups in total. The molecule has 290 valence electrons. The van der Waals surface area contributed by atoms with E-state index in [0.717, 1.165) is 33.3 Å². The second-order valence-corrected chi connectivity index (χ2v) is 17.9. The number of para-hydroxylation sites is 2. The van der Waals surface area contributed by atoms with Crippen molar-refractivity contribution in [1.82, 2.24) is 9.55 Å². The van der Waals surface area contributed by atoms with E-state index in [1.165, 1.54) is 55.9 Å². The van der Waals surface area contributed by atoms with Gasteiger partial charge in [-0.25, -0.2) is 4.98 Å². The SMILES string of the molecule is CN1[CH-]N2c3[c-]c(Oc4[c-]c5c(cc4)c4ccccc4n5-c4ccccn4)ccc3C3(c4cc(C(C)(C)C)ccc4-c4ccc(C(C)(C)C)cc43)c3cccc1c32.[Pd]. The Balaban J connectivity index is 0.00000408. The Morgan fingerprint density at radius 3 is 2.00 bits per heavy atom. The van der Waals surface area contributed by atoms with Crippen molar-refractivity contribution in [3.05, 3.63) is 180 Å². The molecular formula is C52H43N4OPd-3. The molecule has 8 aromatic rings. The quantitative estimate of drug-likeness (QED) is 0.131. The molecule has 6 aromatic carbocycles. The number of anilines is 3. The second-order valence-electron chi connectivity index (χ2n) is 17.9. The molecular weight excluding hydrogens is 803 g/mol. The van der Waals surface area contributed by atoms with E-state index in [9.17, 15) is 0 Å². The number of benzene rings is 6. The van der Waals surface area contributed by atoms with Gasteiger partial charge >= 0.3 is 0 Å². The fourth-order valence-electron chi connectivity index (χ4n) is 9.61. The summed E-state index contributed by atoms with van der Waals surface area (Å²) in [6.45, 7) is 16.0. The number of hydrogen-bond acceptors (Lipinski definition) is 4. The normalized spacial score (nSPS) is 14.7. The average molecular weight is 846 g/mol. The summed E-state index contributed by atoms with van der Waals surface area (Å²) in [4.78, 5) is 9.27. The van der Waals surface area contributed by atoms with Gasteiger partial charge in [-0.15, -0.1) is 35.2 Å². The summed E-state index contributed by atoms with van der Waals surface area (Å²) >= 11 is 0. The largest absolute Gasteiger partial charge is 0.509 e. The van der Waals surface area contributed by atoms with Crippen LogP contribution in [0.2, 0.25) is 0 Å². The van der Waals surface area contributed by atoms with Gasteiger partial charge in [0.05, 0.1) is 0 Å². The van der Waals surface area contributed by atoms with Crippen LogP contribution in [0, 0.1) is 18.8 Å². The van der Waals surface area contributed by atoms with Gasteiger partial charge in [-0.1, -0.05) is 126 Å². The van der Waals surface area contributed by atoms with Crippen LogP contribution in [-0.4, -0.2) is 16.6 Å². The van der Waals surface area contributed by atoms with E-state index < -0.39 is 5.41 Å². The molecule has 0 amide bonds. The summed E-state index contributed by atoms with van der Waals surface area (Å²) in [6, 6.07) is 51.6. The van der Waals surface area contributed by atoms with Gasteiger partial charge in [-0.3, -0.25) is 0 Å². The molecule has 0 radical (unpaired) electrons. The maximum Gasteiger partial charge on any atom is 0.135 e. The number of nitrogens with zero attached hydrogens (tertiary/aromatic N) is 4. The van der Waals surface area contributed by atoms with Crippen LogP contribution in [-0.2, 0) is 36.7 Å². The predicted octanol–water partition coefficient (Wildman–Crippen LogP) is 12.5. The van der Waals surface area contributed by atoms with Crippen molar-refractivity contribution in [3.63, 3.8) is 0 Å². The minimum atomic E-state index is -0.576. The third-order valence-electron chi connectivity index (χ3n) is 12.4. The molecule has 2 aromatic heterocycles. The Kier molecular flexibility index (Phi) is 8.00. The zero-order valence-corrected chi connectivity index (χ0v) is 35.3. The first-order valence-corrected chi connectivity index (χ1v) is 19.9. The molecule has 58 heavy (non-hydrogen) atoms. The summed E-state index contributed by atoms with van der Waals surface area (Å²) in [7, 11) is 2.14. The van der Waals surface area contributed by atoms with Crippen LogP contribution in [0.3, 0.4) is 0 Å². The number of hydrogen-bond donors (Lipinski definition) is 0. The summed E-state index contributed by atoms with van der Waals surface area (Å²) < 4.78 is 8.95. The van der Waals surface area contributed by atoms with Crippen molar-refractivity contribution in [3.8, 4) is 28.4 Å². The van der Waals surface area contributed by atoms with E-state index in [4.69, 9.17) is 9.72 Å². The zero-order valence-electron chi connectivity index (χ0n) is 33.7. The average Bonchev–Trinajstić information content (AvgIpc) is 3.82. The van der Waals surface area contributed by atoms with Crippen LogP contribution in [0.5, 0.6) is 11.5 Å². The number of rotatable bonds is 3. The van der Waals surface area contributed by atoms with E-state index in [-0.39, 0.29) is 31.3 Å². The molecule has 1 aliphatic carbocycles. The van der Waals surface area contributed by atoms with Crippen LogP contribution in [0.4, 0.5) is 17.1 Å². The summed E-state index contributed by atoms with van der Waals surface area (Å²) in [5.41, 5.74) is 15.1. The minimum absolute atomic E-state index is 0. The van der Waals surface area contributed by atoms with E-state index in [1.54, 1.807) is 0 Å². The molecule has 5 nitrogen and oxygen atoms in total. The smallest absolute Gasteiger partial charge is 0.135 e. The number of aromatic nitrogens is 2. The van der Waals surface area contributed by atoms with Gasteiger partial charge in [0.25, 0.3) is 0 Å². The molecule has 11 rings (SSSR count). The van der Waals surface area contributed by atoms with Gasteiger partial charge in [0.1, 0.15) is 5.82 Å². The molecule has 0 bridgehead atoms. The molecule has 0 unspecified atom stereocenters. The topological polar surface area (TPSA) is 33.5 Å². The molecule has 0 fully saturated rings. The van der Waals surface area contributed by atoms with Gasteiger partial charge in [0.2, 0.25) is 0 Å². The summed E-state index contributed by atoms with van der Waals surface area (Å²) in [5, 5.41) is 2.25. The van der Waals surface area contributed by atoms with Crippen LogP contribution in [0.15, 0.2) is 128 Å². The van der Waals surface area contributed by atoms with Crippen molar-refractivity contribution in [2.45, 2.75) is 57.8 Å². The molecule has 6 heteroatoms. The van der Waals surface area contributed by atoms with Crippen molar-refractivity contribution in [1.29, 1.82) is 0 Å². The summed E-state index contributed by atoms with van der Waals surface area (Å²) in [6.07, 6.45) is 1.83. The molecule has 2 aliphatic heterocycles. The first kappa shape index (κ1) is 36.7. The van der Waals surface area contributed by atoms with Gasteiger partial charge < -0.3 is 19.1 Å². The van der Waals surface area contributed by atoms with E-state index in [1.807, 2.05) is 30.5 Å². The molecule has 1 spiro atoms. The van der Waals surface area contributed by atoms with E-state index in [0.29, 0.717) is 11.5 Å². The Hall–Kier alpha value is -5.67. The molecule has 0 atom stereocenters. The van der Waals surface area contributed by atoms with Crippen LogP contribution >= 0.6 is 0 Å². The molecule has 4 heterocycles. The zero-order chi connectivity index (χ0) is 39.0. The predicted molar refractivity (Wildman–Crippen MR) is 232 cm³/mol. The molecule has 0 saturated carbocycles. The monoisotopic (exact) mass is 845 g/mol. The fourth-order valence-corrected chi connectivity index (χ4v) is 9.61. The Morgan fingerprint density at radius 2 is 1.31 bits per heavy atom. The van der Waals surface area contributed by atoms with Crippen molar-refractivity contribution in [2.24, 2.45) is 0 Å². The third-order valence-corrected chi connectivity index (χ3v) is 12.4. The van der Waals surface area contributed by atoms with Gasteiger partial charge in [-0.2, -0.15) is 18.8 Å². The first-order valence-electron chi connectivity index (χ1n) is 19.9. The Labute approximate surface area is 354 Å². The Morgan fingerprint density at radius 1 is 0.638 bits per heavy atom. The van der Waals surface area contributed by atoms with Crippen LogP contribution in [0.25, 0.3) is 38.8 Å². The molecule has 3 aliphatic rings. The van der Waals surface area contributed by atoms with Crippen molar-refractivity contribution >= 4 is 38.9 Å². The number of pyridine rings is 1. The van der Waals surface area contributed by atoms with Gasteiger partial charge in [0.15, 0.2) is 0 Å². The third kappa shape index (κ3) is 5.08. The maximum atomic E-state index is 6.78. The minimum Gasteiger partial charge on any atom is -0.509 e. The van der Waals surface area contributed by atoms with Crippen LogP contribution < -0.4 is 14.5 Å². The maximum absolute atomic E-state index is 6.78. The van der Waals surface area contributed by atoms with Crippen molar-refractivity contribution < 1.29 is 25.2 Å². The van der Waals surface area contributed by atoms with E-state index >= 15 is 0 Å². The standard InChI is InChI=1S/C52H43N4O.Pd/c1-50(2,3)32-18-22-36-37-23-19-33(51(4,5)6)28-43(37)52(42(36)27-32)40-25-21-35(30-47(40)55-31-54(7)45-16-12-14-41(52)49(45)55)57-34-20-24-39-38-13-8-9-15-44(38)56(46(39)29-34)48-17-10-11-26-53-48;/h8-28,31H,1-7H3;/q-3;.